The number of furan rings is 1. The zero-order valence-electron chi connectivity index (χ0n) is 11.8. The Kier molecular flexibility index (Phi) is 4.60. The van der Waals surface area contributed by atoms with E-state index < -0.39 is 0 Å². The molecule has 0 N–H and O–H groups in total. The van der Waals surface area contributed by atoms with Gasteiger partial charge in [-0.2, -0.15) is 9.78 Å². The van der Waals surface area contributed by atoms with Crippen LogP contribution in [0.15, 0.2) is 57.4 Å². The maximum Gasteiger partial charge on any atom is 0.212 e. The van der Waals surface area contributed by atoms with Crippen LogP contribution < -0.4 is 0 Å². The van der Waals surface area contributed by atoms with Crippen molar-refractivity contribution in [1.82, 2.24) is 14.9 Å². The lowest BCUT2D eigenvalue weighted by molar-refractivity contribution is 0.527. The molecule has 112 valence electrons. The monoisotopic (exact) mass is 332 g/mol. The maximum absolute atomic E-state index is 5.88. The summed E-state index contributed by atoms with van der Waals surface area (Å²) in [5.74, 6) is 2.31. The number of thioether (sulfide) groups is 1. The van der Waals surface area contributed by atoms with Crippen LogP contribution in [0.2, 0.25) is 5.02 Å². The van der Waals surface area contributed by atoms with E-state index in [-0.39, 0.29) is 0 Å². The van der Waals surface area contributed by atoms with Gasteiger partial charge in [0.15, 0.2) is 0 Å². The van der Waals surface area contributed by atoms with Gasteiger partial charge in [0, 0.05) is 10.8 Å². The van der Waals surface area contributed by atoms with E-state index in [9.17, 15) is 0 Å². The van der Waals surface area contributed by atoms with Crippen molar-refractivity contribution in [3.05, 3.63) is 64.8 Å². The lowest BCUT2D eigenvalue weighted by atomic mass is 10.2. The minimum atomic E-state index is 0.694. The van der Waals surface area contributed by atoms with E-state index in [0.717, 1.165) is 27.3 Å². The molecule has 0 fully saturated rings. The first kappa shape index (κ1) is 14.9. The molecule has 0 aliphatic heterocycles. The van der Waals surface area contributed by atoms with Crippen LogP contribution in [0.1, 0.15) is 17.1 Å². The molecule has 0 aliphatic rings. The summed E-state index contributed by atoms with van der Waals surface area (Å²) in [7, 11) is 0. The topological polar surface area (TPSA) is 56.2 Å². The summed E-state index contributed by atoms with van der Waals surface area (Å²) in [6.45, 7) is 1.89. The SMILES string of the molecule is Cc1ccc(/C=N\n2cnnc2SCc2ccc(Cl)cc2)o1. The Labute approximate surface area is 137 Å². The first-order valence-electron chi connectivity index (χ1n) is 6.59. The van der Waals surface area contributed by atoms with Crippen molar-refractivity contribution in [2.24, 2.45) is 5.10 Å². The fourth-order valence-corrected chi connectivity index (χ4v) is 2.71. The van der Waals surface area contributed by atoms with Crippen LogP contribution in [0.4, 0.5) is 0 Å². The molecule has 0 bridgehead atoms. The van der Waals surface area contributed by atoms with Gasteiger partial charge in [0.05, 0.1) is 6.21 Å². The predicted molar refractivity (Wildman–Crippen MR) is 87.5 cm³/mol. The number of hydrogen-bond acceptors (Lipinski definition) is 5. The van der Waals surface area contributed by atoms with Crippen molar-refractivity contribution in [2.45, 2.75) is 17.8 Å². The Morgan fingerprint density at radius 3 is 2.82 bits per heavy atom. The van der Waals surface area contributed by atoms with Crippen LogP contribution in [-0.4, -0.2) is 21.1 Å². The van der Waals surface area contributed by atoms with Crippen molar-refractivity contribution in [3.8, 4) is 0 Å². The molecule has 1 aromatic carbocycles. The van der Waals surface area contributed by atoms with E-state index >= 15 is 0 Å². The van der Waals surface area contributed by atoms with Gasteiger partial charge in [-0.3, -0.25) is 0 Å². The van der Waals surface area contributed by atoms with Gasteiger partial charge in [-0.1, -0.05) is 35.5 Å². The summed E-state index contributed by atoms with van der Waals surface area (Å²) >= 11 is 7.43. The van der Waals surface area contributed by atoms with Crippen LogP contribution in [0.3, 0.4) is 0 Å². The molecule has 2 heterocycles. The van der Waals surface area contributed by atoms with Gasteiger partial charge < -0.3 is 4.42 Å². The van der Waals surface area contributed by atoms with Gasteiger partial charge in [-0.25, -0.2) is 0 Å². The standard InChI is InChI=1S/C15H13ClN4OS/c1-11-2-7-14(21-11)8-18-20-10-17-19-15(20)22-9-12-3-5-13(16)6-4-12/h2-8,10H,9H2,1H3/b18-8-. The zero-order chi connectivity index (χ0) is 15.4. The third-order valence-electron chi connectivity index (χ3n) is 2.85. The number of aromatic nitrogens is 3. The third kappa shape index (κ3) is 3.78. The molecule has 0 saturated heterocycles. The number of hydrogen-bond donors (Lipinski definition) is 0. The molecule has 0 radical (unpaired) electrons. The number of benzene rings is 1. The second kappa shape index (κ2) is 6.81. The van der Waals surface area contributed by atoms with E-state index in [1.165, 1.54) is 0 Å². The van der Waals surface area contributed by atoms with E-state index in [2.05, 4.69) is 15.3 Å². The van der Waals surface area contributed by atoms with Gasteiger partial charge >= 0.3 is 0 Å². The van der Waals surface area contributed by atoms with Crippen LogP contribution >= 0.6 is 23.4 Å². The molecule has 2 aromatic heterocycles. The molecular formula is C15H13ClN4OS. The Balaban J connectivity index is 1.67. The number of rotatable bonds is 5. The quantitative estimate of drug-likeness (QED) is 0.523. The first-order valence-corrected chi connectivity index (χ1v) is 7.95. The average Bonchev–Trinajstić information content (AvgIpc) is 3.13. The highest BCUT2D eigenvalue weighted by Crippen LogP contribution is 2.21. The van der Waals surface area contributed by atoms with Crippen molar-refractivity contribution in [3.63, 3.8) is 0 Å². The molecule has 0 spiro atoms. The lowest BCUT2D eigenvalue weighted by Crippen LogP contribution is -1.92. The molecule has 5 nitrogen and oxygen atoms in total. The van der Waals surface area contributed by atoms with E-state index in [0.29, 0.717) is 5.76 Å². The number of aryl methyl sites for hydroxylation is 1. The van der Waals surface area contributed by atoms with E-state index in [1.807, 2.05) is 43.3 Å². The van der Waals surface area contributed by atoms with Crippen LogP contribution in [0.5, 0.6) is 0 Å². The van der Waals surface area contributed by atoms with E-state index in [1.54, 1.807) is 29.0 Å². The predicted octanol–water partition coefficient (Wildman–Crippen LogP) is 4.01. The Morgan fingerprint density at radius 2 is 2.09 bits per heavy atom. The largest absolute Gasteiger partial charge is 0.460 e. The highest BCUT2D eigenvalue weighted by Gasteiger charge is 2.05. The summed E-state index contributed by atoms with van der Waals surface area (Å²) in [6.07, 6.45) is 3.21. The fraction of sp³-hybridized carbons (Fsp3) is 0.133. The van der Waals surface area contributed by atoms with E-state index in [4.69, 9.17) is 16.0 Å². The molecular weight excluding hydrogens is 320 g/mol. The lowest BCUT2D eigenvalue weighted by Gasteiger charge is -2.01. The second-order valence-corrected chi connectivity index (χ2v) is 5.95. The summed E-state index contributed by atoms with van der Waals surface area (Å²) in [6, 6.07) is 11.5. The Morgan fingerprint density at radius 1 is 1.27 bits per heavy atom. The molecule has 3 aromatic rings. The molecule has 22 heavy (non-hydrogen) atoms. The smallest absolute Gasteiger partial charge is 0.212 e. The third-order valence-corrected chi connectivity index (χ3v) is 4.11. The molecule has 7 heteroatoms. The number of nitrogens with zero attached hydrogens (tertiary/aromatic N) is 4. The van der Waals surface area contributed by atoms with Gasteiger partial charge in [-0.05, 0) is 36.8 Å². The molecule has 0 atom stereocenters. The zero-order valence-corrected chi connectivity index (χ0v) is 13.4. The van der Waals surface area contributed by atoms with Crippen LogP contribution in [-0.2, 0) is 5.75 Å². The van der Waals surface area contributed by atoms with Crippen LogP contribution in [0.25, 0.3) is 0 Å². The highest BCUT2D eigenvalue weighted by molar-refractivity contribution is 7.98. The van der Waals surface area contributed by atoms with Gasteiger partial charge in [-0.15, -0.1) is 10.2 Å². The second-order valence-electron chi connectivity index (χ2n) is 4.57. The summed E-state index contributed by atoms with van der Waals surface area (Å²) in [4.78, 5) is 0. The summed E-state index contributed by atoms with van der Waals surface area (Å²) < 4.78 is 7.06. The first-order chi connectivity index (χ1) is 10.7. The molecule has 0 saturated carbocycles. The molecule has 0 aliphatic carbocycles. The minimum absolute atomic E-state index is 0.694. The Bertz CT molecular complexity index is 779. The summed E-state index contributed by atoms with van der Waals surface area (Å²) in [5, 5.41) is 13.7. The van der Waals surface area contributed by atoms with Crippen LogP contribution in [0, 0.1) is 6.92 Å². The molecule has 3 rings (SSSR count). The van der Waals surface area contributed by atoms with Crippen molar-refractivity contribution < 1.29 is 4.42 Å². The maximum atomic E-state index is 5.88. The number of halogens is 1. The van der Waals surface area contributed by atoms with Gasteiger partial charge in [0.25, 0.3) is 0 Å². The highest BCUT2D eigenvalue weighted by atomic mass is 35.5. The van der Waals surface area contributed by atoms with Crippen molar-refractivity contribution in [1.29, 1.82) is 0 Å². The summed E-state index contributed by atoms with van der Waals surface area (Å²) in [5.41, 5.74) is 1.16. The Hall–Kier alpha value is -2.05. The van der Waals surface area contributed by atoms with Crippen molar-refractivity contribution >= 4 is 29.6 Å². The average molecular weight is 333 g/mol. The molecule has 0 unspecified atom stereocenters. The minimum Gasteiger partial charge on any atom is -0.460 e. The molecule has 0 amide bonds. The van der Waals surface area contributed by atoms with Gasteiger partial charge in [0.1, 0.15) is 17.8 Å². The normalized spacial score (nSPS) is 11.4. The van der Waals surface area contributed by atoms with Crippen molar-refractivity contribution in [2.75, 3.05) is 0 Å². The van der Waals surface area contributed by atoms with Gasteiger partial charge in [0.2, 0.25) is 5.16 Å². The fourth-order valence-electron chi connectivity index (χ4n) is 1.76.